The summed E-state index contributed by atoms with van der Waals surface area (Å²) in [5.74, 6) is -1.37. The fraction of sp³-hybridized carbons (Fsp3) is 0.286. The molecule has 37 heavy (non-hydrogen) atoms. The highest BCUT2D eigenvalue weighted by Crippen LogP contribution is 2.39. The first-order valence-electron chi connectivity index (χ1n) is 11.6. The van der Waals surface area contributed by atoms with Crippen LogP contribution in [0.4, 0.5) is 24.5 Å². The zero-order valence-electron chi connectivity index (χ0n) is 21.1. The zero-order valence-corrected chi connectivity index (χ0v) is 21.1. The Morgan fingerprint density at radius 2 is 1.62 bits per heavy atom. The van der Waals surface area contributed by atoms with E-state index >= 15 is 0 Å². The number of hydrogen-bond acceptors (Lipinski definition) is 4. The van der Waals surface area contributed by atoms with Crippen molar-refractivity contribution >= 4 is 23.3 Å². The molecular formula is C28H29F3N2O4. The first kappa shape index (κ1) is 27.6. The van der Waals surface area contributed by atoms with Gasteiger partial charge in [0.05, 0.1) is 24.3 Å². The van der Waals surface area contributed by atoms with Crippen LogP contribution in [0.25, 0.3) is 0 Å². The van der Waals surface area contributed by atoms with Gasteiger partial charge in [0.25, 0.3) is 5.91 Å². The van der Waals surface area contributed by atoms with Crippen molar-refractivity contribution in [3.8, 4) is 5.75 Å². The number of aryl methyl sites for hydroxylation is 2. The molecule has 0 aromatic heterocycles. The molecule has 0 radical (unpaired) electrons. The quantitative estimate of drug-likeness (QED) is 0.372. The van der Waals surface area contributed by atoms with E-state index in [-0.39, 0.29) is 16.8 Å². The third kappa shape index (κ3) is 7.03. The predicted molar refractivity (Wildman–Crippen MR) is 137 cm³/mol. The van der Waals surface area contributed by atoms with Gasteiger partial charge in [-0.1, -0.05) is 30.3 Å². The van der Waals surface area contributed by atoms with E-state index in [1.807, 2.05) is 30.3 Å². The average molecular weight is 515 g/mol. The Morgan fingerprint density at radius 1 is 1.00 bits per heavy atom. The second-order valence-electron chi connectivity index (χ2n) is 8.96. The van der Waals surface area contributed by atoms with Crippen LogP contribution in [0.15, 0.2) is 54.6 Å². The fourth-order valence-electron chi connectivity index (χ4n) is 4.17. The highest BCUT2D eigenvalue weighted by Gasteiger charge is 2.35. The summed E-state index contributed by atoms with van der Waals surface area (Å²) < 4.78 is 47.5. The van der Waals surface area contributed by atoms with Crippen molar-refractivity contribution in [3.05, 3.63) is 88.0 Å². The maximum absolute atomic E-state index is 13.9. The Morgan fingerprint density at radius 3 is 2.16 bits per heavy atom. The smallest absolute Gasteiger partial charge is 0.418 e. The monoisotopic (exact) mass is 514 g/mol. The lowest BCUT2D eigenvalue weighted by Gasteiger charge is -2.22. The SMILES string of the molecule is Cc1cc(OCCc2ccccc2)cc(C)c1C(=O)Nc1cc(CC(=O)O)c(N(C)C)cc1C(F)(F)F. The Bertz CT molecular complexity index is 1270. The van der Waals surface area contributed by atoms with E-state index in [0.717, 1.165) is 17.7 Å². The molecule has 3 rings (SSSR count). The highest BCUT2D eigenvalue weighted by molar-refractivity contribution is 6.07. The number of carboxylic acid groups (broad SMARTS) is 1. The minimum Gasteiger partial charge on any atom is -0.493 e. The van der Waals surface area contributed by atoms with Gasteiger partial charge in [0, 0.05) is 31.8 Å². The number of halogens is 3. The van der Waals surface area contributed by atoms with Gasteiger partial charge in [0.1, 0.15) is 5.75 Å². The van der Waals surface area contributed by atoms with Gasteiger partial charge in [-0.2, -0.15) is 13.2 Å². The second-order valence-corrected chi connectivity index (χ2v) is 8.96. The molecule has 0 spiro atoms. The summed E-state index contributed by atoms with van der Waals surface area (Å²) in [4.78, 5) is 25.9. The molecule has 6 nitrogen and oxygen atoms in total. The van der Waals surface area contributed by atoms with Crippen LogP contribution in [0.1, 0.15) is 38.2 Å². The molecule has 0 aliphatic heterocycles. The summed E-state index contributed by atoms with van der Waals surface area (Å²) in [6.45, 7) is 3.79. The van der Waals surface area contributed by atoms with E-state index in [1.165, 1.54) is 19.0 Å². The number of aliphatic carboxylic acids is 1. The molecule has 0 bridgehead atoms. The van der Waals surface area contributed by atoms with Crippen LogP contribution in [-0.4, -0.2) is 37.7 Å². The first-order chi connectivity index (χ1) is 17.4. The van der Waals surface area contributed by atoms with Gasteiger partial charge in [-0.15, -0.1) is 0 Å². The van der Waals surface area contributed by atoms with Crippen LogP contribution in [-0.2, 0) is 23.8 Å². The molecule has 0 atom stereocenters. The number of alkyl halides is 3. The topological polar surface area (TPSA) is 78.9 Å². The number of amides is 1. The number of nitrogens with zero attached hydrogens (tertiary/aromatic N) is 1. The van der Waals surface area contributed by atoms with Crippen LogP contribution >= 0.6 is 0 Å². The van der Waals surface area contributed by atoms with E-state index in [1.54, 1.807) is 26.0 Å². The number of carbonyl (C=O) groups excluding carboxylic acids is 1. The molecule has 0 saturated carbocycles. The summed E-state index contributed by atoms with van der Waals surface area (Å²) in [6, 6.07) is 15.1. The number of anilines is 2. The number of carboxylic acids is 1. The van der Waals surface area contributed by atoms with E-state index in [0.29, 0.717) is 29.9 Å². The van der Waals surface area contributed by atoms with Crippen molar-refractivity contribution in [2.24, 2.45) is 0 Å². The Labute approximate surface area is 213 Å². The first-order valence-corrected chi connectivity index (χ1v) is 11.6. The van der Waals surface area contributed by atoms with Crippen molar-refractivity contribution in [3.63, 3.8) is 0 Å². The Hall–Kier alpha value is -4.01. The van der Waals surface area contributed by atoms with Gasteiger partial charge < -0.3 is 20.1 Å². The number of ether oxygens (including phenoxy) is 1. The van der Waals surface area contributed by atoms with Gasteiger partial charge >= 0.3 is 12.1 Å². The number of rotatable bonds is 9. The van der Waals surface area contributed by atoms with Crippen LogP contribution in [0.5, 0.6) is 5.75 Å². The molecule has 2 N–H and O–H groups in total. The zero-order chi connectivity index (χ0) is 27.3. The van der Waals surface area contributed by atoms with E-state index < -0.39 is 35.7 Å². The van der Waals surface area contributed by atoms with E-state index in [4.69, 9.17) is 4.74 Å². The molecule has 0 fully saturated rings. The molecule has 0 unspecified atom stereocenters. The van der Waals surface area contributed by atoms with Gasteiger partial charge in [-0.3, -0.25) is 9.59 Å². The second kappa shape index (κ2) is 11.4. The summed E-state index contributed by atoms with van der Waals surface area (Å²) >= 11 is 0. The minimum absolute atomic E-state index is 0.108. The standard InChI is InChI=1S/C28H29F3N2O4/c1-17-12-21(37-11-10-19-8-6-5-7-9-19)13-18(2)26(17)27(36)32-23-14-20(15-25(34)35)24(33(3)4)16-22(23)28(29,30)31/h5-9,12-14,16H,10-11,15H2,1-4H3,(H,32,36)(H,34,35). The van der Waals surface area contributed by atoms with Gasteiger partial charge in [0.2, 0.25) is 0 Å². The third-order valence-corrected chi connectivity index (χ3v) is 5.83. The molecule has 3 aromatic rings. The summed E-state index contributed by atoms with van der Waals surface area (Å²) in [6.07, 6.45) is -4.57. The third-order valence-electron chi connectivity index (χ3n) is 5.83. The van der Waals surface area contributed by atoms with Gasteiger partial charge in [0.15, 0.2) is 0 Å². The lowest BCUT2D eigenvalue weighted by atomic mass is 9.99. The maximum Gasteiger partial charge on any atom is 0.418 e. The molecule has 0 heterocycles. The van der Waals surface area contributed by atoms with Crippen molar-refractivity contribution in [2.75, 3.05) is 30.9 Å². The Balaban J connectivity index is 1.88. The van der Waals surface area contributed by atoms with Crippen molar-refractivity contribution in [2.45, 2.75) is 32.9 Å². The molecule has 9 heteroatoms. The van der Waals surface area contributed by atoms with E-state index in [2.05, 4.69) is 5.32 Å². The average Bonchev–Trinajstić information content (AvgIpc) is 2.78. The lowest BCUT2D eigenvalue weighted by Crippen LogP contribution is -2.21. The molecular weight excluding hydrogens is 485 g/mol. The van der Waals surface area contributed by atoms with Crippen LogP contribution in [0.2, 0.25) is 0 Å². The summed E-state index contributed by atoms with van der Waals surface area (Å²) in [5.41, 5.74) is 1.12. The largest absolute Gasteiger partial charge is 0.493 e. The molecule has 3 aromatic carbocycles. The maximum atomic E-state index is 13.9. The Kier molecular flexibility index (Phi) is 8.47. The minimum atomic E-state index is -4.77. The normalized spacial score (nSPS) is 11.2. The van der Waals surface area contributed by atoms with Gasteiger partial charge in [-0.05, 0) is 60.4 Å². The van der Waals surface area contributed by atoms with Crippen molar-refractivity contribution in [1.82, 2.24) is 0 Å². The van der Waals surface area contributed by atoms with Crippen LogP contribution in [0.3, 0.4) is 0 Å². The van der Waals surface area contributed by atoms with E-state index in [9.17, 15) is 27.9 Å². The number of nitrogens with one attached hydrogen (secondary N) is 1. The molecule has 196 valence electrons. The fourth-order valence-corrected chi connectivity index (χ4v) is 4.17. The van der Waals surface area contributed by atoms with Crippen LogP contribution < -0.4 is 15.0 Å². The molecule has 1 amide bonds. The van der Waals surface area contributed by atoms with Crippen molar-refractivity contribution < 1.29 is 32.6 Å². The highest BCUT2D eigenvalue weighted by atomic mass is 19.4. The summed E-state index contributed by atoms with van der Waals surface area (Å²) in [5, 5.41) is 11.6. The van der Waals surface area contributed by atoms with Crippen molar-refractivity contribution in [1.29, 1.82) is 0 Å². The molecule has 0 saturated heterocycles. The number of hydrogen-bond donors (Lipinski definition) is 2. The lowest BCUT2D eigenvalue weighted by molar-refractivity contribution is -0.137. The number of carbonyl (C=O) groups is 2. The molecule has 0 aliphatic rings. The predicted octanol–water partition coefficient (Wildman–Crippen LogP) is 5.89. The molecule has 0 aliphatic carbocycles. The summed E-state index contributed by atoms with van der Waals surface area (Å²) in [7, 11) is 3.05. The number of benzene rings is 3. The van der Waals surface area contributed by atoms with Gasteiger partial charge in [-0.25, -0.2) is 0 Å². The van der Waals surface area contributed by atoms with Crippen LogP contribution in [0, 0.1) is 13.8 Å².